The number of amides is 1. The van der Waals surface area contributed by atoms with Gasteiger partial charge in [-0.15, -0.1) is 22.7 Å². The number of thiophene rings is 2. The number of thiocarbonyl (C=S) groups is 1. The molecule has 2 heterocycles. The first-order valence-corrected chi connectivity index (χ1v) is 10.6. The molecule has 0 bridgehead atoms. The molecule has 0 aliphatic carbocycles. The van der Waals surface area contributed by atoms with Gasteiger partial charge in [0.1, 0.15) is 10.6 Å². The molecule has 0 unspecified atom stereocenters. The summed E-state index contributed by atoms with van der Waals surface area (Å²) in [6, 6.07) is 13.2. The Morgan fingerprint density at radius 1 is 1.14 bits per heavy atom. The predicted octanol–water partition coefficient (Wildman–Crippen LogP) is 5.09. The maximum absolute atomic E-state index is 12.7. The predicted molar refractivity (Wildman–Crippen MR) is 118 cm³/mol. The van der Waals surface area contributed by atoms with Crippen LogP contribution in [0, 0.1) is 6.92 Å². The van der Waals surface area contributed by atoms with Crippen molar-refractivity contribution in [2.45, 2.75) is 13.8 Å². The lowest BCUT2D eigenvalue weighted by molar-refractivity contribution is 0.0529. The second-order valence-corrected chi connectivity index (χ2v) is 8.29. The molecule has 3 rings (SSSR count). The molecule has 1 aromatic carbocycles. The van der Waals surface area contributed by atoms with E-state index in [0.29, 0.717) is 15.4 Å². The maximum Gasteiger partial charge on any atom is 0.341 e. The van der Waals surface area contributed by atoms with Crippen LogP contribution >= 0.6 is 34.9 Å². The Hall–Kier alpha value is -2.55. The first-order valence-electron chi connectivity index (χ1n) is 8.53. The molecule has 0 fully saturated rings. The molecule has 0 aliphatic heterocycles. The fourth-order valence-corrected chi connectivity index (χ4v) is 4.64. The number of nitrogens with one attached hydrogen (secondary N) is 2. The number of esters is 1. The monoisotopic (exact) mass is 430 g/mol. The molecule has 8 heteroatoms. The van der Waals surface area contributed by atoms with Crippen molar-refractivity contribution in [3.8, 4) is 11.1 Å². The maximum atomic E-state index is 12.7. The van der Waals surface area contributed by atoms with Gasteiger partial charge in [0.15, 0.2) is 5.11 Å². The van der Waals surface area contributed by atoms with E-state index in [4.69, 9.17) is 17.0 Å². The van der Waals surface area contributed by atoms with Crippen LogP contribution in [-0.2, 0) is 4.74 Å². The van der Waals surface area contributed by atoms with Crippen LogP contribution in [0.4, 0.5) is 5.00 Å². The van der Waals surface area contributed by atoms with Gasteiger partial charge >= 0.3 is 5.97 Å². The van der Waals surface area contributed by atoms with Crippen LogP contribution in [0.5, 0.6) is 0 Å². The minimum atomic E-state index is -0.430. The number of rotatable bonds is 5. The highest BCUT2D eigenvalue weighted by molar-refractivity contribution is 7.80. The van der Waals surface area contributed by atoms with Gasteiger partial charge in [0.2, 0.25) is 0 Å². The summed E-state index contributed by atoms with van der Waals surface area (Å²) in [7, 11) is 0. The van der Waals surface area contributed by atoms with Crippen molar-refractivity contribution in [3.63, 3.8) is 0 Å². The molecule has 5 nitrogen and oxygen atoms in total. The Labute approximate surface area is 176 Å². The first-order chi connectivity index (χ1) is 13.5. The van der Waals surface area contributed by atoms with E-state index >= 15 is 0 Å². The third-order valence-corrected chi connectivity index (χ3v) is 5.92. The highest BCUT2D eigenvalue weighted by atomic mass is 32.1. The van der Waals surface area contributed by atoms with Gasteiger partial charge in [-0.2, -0.15) is 0 Å². The molecule has 1 amide bonds. The highest BCUT2D eigenvalue weighted by Gasteiger charge is 2.25. The fraction of sp³-hybridized carbons (Fsp3) is 0.150. The van der Waals surface area contributed by atoms with Gasteiger partial charge in [0.05, 0.1) is 11.5 Å². The SMILES string of the molecule is CCOC(=O)c1c(NC(=S)NC(=O)c2cccs2)sc(C)c1-c1ccccc1. The van der Waals surface area contributed by atoms with Gasteiger partial charge < -0.3 is 10.1 Å². The third-order valence-electron chi connectivity index (χ3n) is 3.83. The topological polar surface area (TPSA) is 67.4 Å². The van der Waals surface area contributed by atoms with Gasteiger partial charge in [-0.25, -0.2) is 4.79 Å². The highest BCUT2D eigenvalue weighted by Crippen LogP contribution is 2.40. The van der Waals surface area contributed by atoms with Crippen molar-refractivity contribution in [1.29, 1.82) is 0 Å². The van der Waals surface area contributed by atoms with Crippen molar-refractivity contribution in [2.24, 2.45) is 0 Å². The third kappa shape index (κ3) is 4.46. The number of hydrogen-bond acceptors (Lipinski definition) is 6. The average Bonchev–Trinajstić information content (AvgIpc) is 3.30. The van der Waals surface area contributed by atoms with Crippen molar-refractivity contribution >= 4 is 56.9 Å². The van der Waals surface area contributed by atoms with Gasteiger partial charge in [-0.3, -0.25) is 10.1 Å². The Bertz CT molecular complexity index is 995. The van der Waals surface area contributed by atoms with Crippen LogP contribution in [-0.4, -0.2) is 23.6 Å². The van der Waals surface area contributed by atoms with Crippen molar-refractivity contribution < 1.29 is 14.3 Å². The molecular weight excluding hydrogens is 412 g/mol. The first kappa shape index (κ1) is 20.2. The van der Waals surface area contributed by atoms with Gasteiger partial charge in [0.25, 0.3) is 5.91 Å². The Morgan fingerprint density at radius 3 is 2.54 bits per heavy atom. The van der Waals surface area contributed by atoms with Crippen LogP contribution in [0.15, 0.2) is 47.8 Å². The van der Waals surface area contributed by atoms with E-state index in [1.54, 1.807) is 19.1 Å². The molecule has 2 aromatic heterocycles. The summed E-state index contributed by atoms with van der Waals surface area (Å²) >= 11 is 8.00. The zero-order valence-electron chi connectivity index (χ0n) is 15.3. The average molecular weight is 431 g/mol. The molecule has 28 heavy (non-hydrogen) atoms. The zero-order chi connectivity index (χ0) is 20.1. The zero-order valence-corrected chi connectivity index (χ0v) is 17.7. The Morgan fingerprint density at radius 2 is 1.89 bits per heavy atom. The molecule has 3 aromatic rings. The lowest BCUT2D eigenvalue weighted by Crippen LogP contribution is -2.33. The van der Waals surface area contributed by atoms with E-state index in [1.807, 2.05) is 42.6 Å². The Kier molecular flexibility index (Phi) is 6.56. The molecule has 0 aliphatic rings. The molecule has 0 saturated carbocycles. The minimum absolute atomic E-state index is 0.129. The summed E-state index contributed by atoms with van der Waals surface area (Å²) in [6.07, 6.45) is 0. The minimum Gasteiger partial charge on any atom is -0.462 e. The summed E-state index contributed by atoms with van der Waals surface area (Å²) in [6.45, 7) is 3.97. The van der Waals surface area contributed by atoms with Crippen LogP contribution in [0.3, 0.4) is 0 Å². The van der Waals surface area contributed by atoms with Crippen molar-refractivity contribution in [3.05, 3.63) is 63.2 Å². The quantitative estimate of drug-likeness (QED) is 0.436. The van der Waals surface area contributed by atoms with Crippen molar-refractivity contribution in [1.82, 2.24) is 5.32 Å². The van der Waals surface area contributed by atoms with Gasteiger partial charge in [-0.1, -0.05) is 36.4 Å². The molecule has 0 radical (unpaired) electrons. The van der Waals surface area contributed by atoms with Crippen LogP contribution in [0.2, 0.25) is 0 Å². The number of anilines is 1. The fourth-order valence-electron chi connectivity index (χ4n) is 2.69. The summed E-state index contributed by atoms with van der Waals surface area (Å²) in [4.78, 5) is 26.4. The smallest absolute Gasteiger partial charge is 0.341 e. The number of carbonyl (C=O) groups excluding carboxylic acids is 2. The summed E-state index contributed by atoms with van der Waals surface area (Å²) in [5.74, 6) is -0.720. The normalized spacial score (nSPS) is 10.4. The van der Waals surface area contributed by atoms with E-state index in [9.17, 15) is 9.59 Å². The summed E-state index contributed by atoms with van der Waals surface area (Å²) in [5.41, 5.74) is 2.14. The second kappa shape index (κ2) is 9.09. The molecular formula is C20H18N2O3S3. The van der Waals surface area contributed by atoms with Gasteiger partial charge in [0, 0.05) is 10.4 Å². The standard InChI is InChI=1S/C20H18N2O3S3/c1-3-25-19(24)16-15(13-8-5-4-6-9-13)12(2)28-18(16)22-20(26)21-17(23)14-10-7-11-27-14/h4-11H,3H2,1-2H3,(H2,21,22,23,26). The number of hydrogen-bond donors (Lipinski definition) is 2. The number of benzene rings is 1. The molecule has 144 valence electrons. The Balaban J connectivity index is 1.91. The summed E-state index contributed by atoms with van der Waals surface area (Å²) < 4.78 is 5.26. The number of carbonyl (C=O) groups is 2. The van der Waals surface area contributed by atoms with Crippen LogP contribution in [0.1, 0.15) is 31.8 Å². The van der Waals surface area contributed by atoms with E-state index in [1.165, 1.54) is 22.7 Å². The lowest BCUT2D eigenvalue weighted by Gasteiger charge is -2.11. The van der Waals surface area contributed by atoms with E-state index in [2.05, 4.69) is 10.6 Å². The van der Waals surface area contributed by atoms with E-state index < -0.39 is 5.97 Å². The molecule has 0 atom stereocenters. The van der Waals surface area contributed by atoms with Crippen LogP contribution < -0.4 is 10.6 Å². The summed E-state index contributed by atoms with van der Waals surface area (Å²) in [5, 5.41) is 8.13. The molecule has 0 spiro atoms. The lowest BCUT2D eigenvalue weighted by atomic mass is 10.0. The molecule has 0 saturated heterocycles. The largest absolute Gasteiger partial charge is 0.462 e. The van der Waals surface area contributed by atoms with Crippen LogP contribution in [0.25, 0.3) is 11.1 Å². The second-order valence-electron chi connectivity index (χ2n) is 5.71. The van der Waals surface area contributed by atoms with Gasteiger partial charge in [-0.05, 0) is 43.1 Å². The van der Waals surface area contributed by atoms with E-state index in [-0.39, 0.29) is 17.6 Å². The van der Waals surface area contributed by atoms with E-state index in [0.717, 1.165) is 16.0 Å². The molecule has 2 N–H and O–H groups in total. The number of aryl methyl sites for hydroxylation is 1. The van der Waals surface area contributed by atoms with Crippen molar-refractivity contribution in [2.75, 3.05) is 11.9 Å². The number of ether oxygens (including phenoxy) is 1.